The fourth-order valence-corrected chi connectivity index (χ4v) is 2.43. The maximum atomic E-state index is 9.13. The predicted molar refractivity (Wildman–Crippen MR) is 72.4 cm³/mol. The van der Waals surface area contributed by atoms with Gasteiger partial charge in [0.15, 0.2) is 5.82 Å². The topological polar surface area (TPSA) is 78.8 Å². The summed E-state index contributed by atoms with van der Waals surface area (Å²) in [6, 6.07) is 9.83. The number of nitrogens with zero attached hydrogens (tertiary/aromatic N) is 4. The molecule has 0 atom stereocenters. The molecule has 0 fully saturated rings. The van der Waals surface area contributed by atoms with Gasteiger partial charge in [-0.15, -0.1) is 5.10 Å². The Labute approximate surface area is 111 Å². The second kappa shape index (κ2) is 4.58. The summed E-state index contributed by atoms with van der Waals surface area (Å²) in [5.41, 5.74) is 9.77. The van der Waals surface area contributed by atoms with Crippen molar-refractivity contribution >= 4 is 11.5 Å². The van der Waals surface area contributed by atoms with Crippen LogP contribution in [-0.2, 0) is 13.0 Å². The normalized spacial score (nSPS) is 13.7. The highest BCUT2D eigenvalue weighted by molar-refractivity contribution is 5.58. The van der Waals surface area contributed by atoms with E-state index in [1.807, 2.05) is 12.1 Å². The van der Waals surface area contributed by atoms with E-state index in [9.17, 15) is 0 Å². The Morgan fingerprint density at radius 1 is 1.32 bits per heavy atom. The first-order valence-electron chi connectivity index (χ1n) is 6.12. The molecule has 0 bridgehead atoms. The van der Waals surface area contributed by atoms with Crippen LogP contribution in [0.2, 0.25) is 0 Å². The van der Waals surface area contributed by atoms with Gasteiger partial charge in [-0.25, -0.2) is 0 Å². The van der Waals surface area contributed by atoms with Crippen molar-refractivity contribution in [1.29, 1.82) is 5.26 Å². The largest absolute Gasteiger partial charge is 0.398 e. The lowest BCUT2D eigenvalue weighted by atomic mass is 9.98. The zero-order valence-corrected chi connectivity index (χ0v) is 10.4. The Hall–Kier alpha value is -2.61. The molecule has 0 amide bonds. The van der Waals surface area contributed by atoms with Crippen LogP contribution in [-0.4, -0.2) is 16.7 Å². The van der Waals surface area contributed by atoms with Crippen LogP contribution in [0.1, 0.15) is 16.7 Å². The van der Waals surface area contributed by atoms with Gasteiger partial charge in [-0.3, -0.25) is 0 Å². The number of anilines is 2. The molecule has 0 saturated carbocycles. The lowest BCUT2D eigenvalue weighted by Crippen LogP contribution is -2.32. The molecule has 1 aromatic heterocycles. The van der Waals surface area contributed by atoms with Gasteiger partial charge in [0.05, 0.1) is 11.8 Å². The Morgan fingerprint density at radius 3 is 3.05 bits per heavy atom. The quantitative estimate of drug-likeness (QED) is 0.777. The fourth-order valence-electron chi connectivity index (χ4n) is 2.43. The fraction of sp³-hybridized carbons (Fsp3) is 0.214. The molecule has 3 rings (SSSR count). The number of benzene rings is 1. The summed E-state index contributed by atoms with van der Waals surface area (Å²) in [6.07, 6.45) is 2.44. The van der Waals surface area contributed by atoms with E-state index in [0.717, 1.165) is 24.2 Å². The van der Waals surface area contributed by atoms with Gasteiger partial charge in [-0.05, 0) is 29.7 Å². The molecular formula is C14H13N5. The van der Waals surface area contributed by atoms with Gasteiger partial charge in [0.1, 0.15) is 6.07 Å². The molecule has 5 nitrogen and oxygen atoms in total. The van der Waals surface area contributed by atoms with Gasteiger partial charge in [-0.1, -0.05) is 12.1 Å². The molecule has 1 aliphatic heterocycles. The molecule has 2 N–H and O–H groups in total. The van der Waals surface area contributed by atoms with Gasteiger partial charge >= 0.3 is 0 Å². The minimum Gasteiger partial charge on any atom is -0.398 e. The van der Waals surface area contributed by atoms with E-state index in [1.165, 1.54) is 11.8 Å². The summed E-state index contributed by atoms with van der Waals surface area (Å²) in [6.45, 7) is 1.50. The van der Waals surface area contributed by atoms with Crippen molar-refractivity contribution in [1.82, 2.24) is 10.2 Å². The third-order valence-electron chi connectivity index (χ3n) is 3.43. The SMILES string of the molecule is N#Cc1ccnnc1N1CCc2cccc(N)c2C1. The van der Waals surface area contributed by atoms with E-state index in [1.54, 1.807) is 6.07 Å². The maximum Gasteiger partial charge on any atom is 0.169 e. The summed E-state index contributed by atoms with van der Waals surface area (Å²) < 4.78 is 0. The summed E-state index contributed by atoms with van der Waals surface area (Å²) in [4.78, 5) is 2.06. The number of hydrogen-bond acceptors (Lipinski definition) is 5. The first-order chi connectivity index (χ1) is 9.29. The highest BCUT2D eigenvalue weighted by Crippen LogP contribution is 2.28. The number of fused-ring (bicyclic) bond motifs is 1. The van der Waals surface area contributed by atoms with E-state index in [-0.39, 0.29) is 0 Å². The van der Waals surface area contributed by atoms with Crippen LogP contribution in [0.4, 0.5) is 11.5 Å². The van der Waals surface area contributed by atoms with Crippen LogP contribution in [0.3, 0.4) is 0 Å². The van der Waals surface area contributed by atoms with E-state index in [0.29, 0.717) is 17.9 Å². The standard InChI is InChI=1S/C14H13N5/c15-8-11-4-6-17-18-14(11)19-7-5-10-2-1-3-13(16)12(10)9-19/h1-4,6H,5,7,9,16H2. The molecule has 1 aliphatic rings. The van der Waals surface area contributed by atoms with Gasteiger partial charge in [-0.2, -0.15) is 10.4 Å². The van der Waals surface area contributed by atoms with E-state index < -0.39 is 0 Å². The van der Waals surface area contributed by atoms with E-state index in [4.69, 9.17) is 11.0 Å². The Bertz CT molecular complexity index is 659. The number of nitriles is 1. The first kappa shape index (κ1) is 11.5. The molecule has 2 aromatic rings. The molecule has 2 heterocycles. The van der Waals surface area contributed by atoms with Crippen molar-refractivity contribution in [2.75, 3.05) is 17.2 Å². The molecule has 1 aromatic carbocycles. The molecule has 0 radical (unpaired) electrons. The second-order valence-electron chi connectivity index (χ2n) is 4.54. The zero-order valence-electron chi connectivity index (χ0n) is 10.4. The smallest absolute Gasteiger partial charge is 0.169 e. The molecule has 0 spiro atoms. The zero-order chi connectivity index (χ0) is 13.2. The van der Waals surface area contributed by atoms with Crippen LogP contribution in [0.15, 0.2) is 30.5 Å². The first-order valence-corrected chi connectivity index (χ1v) is 6.12. The van der Waals surface area contributed by atoms with Crippen molar-refractivity contribution in [3.63, 3.8) is 0 Å². The monoisotopic (exact) mass is 251 g/mol. The summed E-state index contributed by atoms with van der Waals surface area (Å²) in [5, 5.41) is 17.1. The average molecular weight is 251 g/mol. The van der Waals surface area contributed by atoms with Crippen LogP contribution < -0.4 is 10.6 Å². The molecule has 5 heteroatoms. The number of hydrogen-bond donors (Lipinski definition) is 1. The van der Waals surface area contributed by atoms with Gasteiger partial charge in [0.25, 0.3) is 0 Å². The highest BCUT2D eigenvalue weighted by Gasteiger charge is 2.21. The van der Waals surface area contributed by atoms with Crippen molar-refractivity contribution in [3.05, 3.63) is 47.2 Å². The lowest BCUT2D eigenvalue weighted by molar-refractivity contribution is 0.713. The highest BCUT2D eigenvalue weighted by atomic mass is 15.3. The van der Waals surface area contributed by atoms with Gasteiger partial charge < -0.3 is 10.6 Å². The lowest BCUT2D eigenvalue weighted by Gasteiger charge is -2.30. The van der Waals surface area contributed by atoms with Crippen LogP contribution in [0.5, 0.6) is 0 Å². The number of nitrogens with two attached hydrogens (primary N) is 1. The van der Waals surface area contributed by atoms with Crippen molar-refractivity contribution < 1.29 is 0 Å². The Balaban J connectivity index is 1.98. The van der Waals surface area contributed by atoms with E-state index in [2.05, 4.69) is 27.2 Å². The minimum absolute atomic E-state index is 0.549. The Kier molecular flexibility index (Phi) is 2.76. The predicted octanol–water partition coefficient (Wildman–Crippen LogP) is 1.49. The number of nitrogen functional groups attached to an aromatic ring is 1. The number of rotatable bonds is 1. The third kappa shape index (κ3) is 1.97. The van der Waals surface area contributed by atoms with Crippen LogP contribution in [0.25, 0.3) is 0 Å². The summed E-state index contributed by atoms with van der Waals surface area (Å²) >= 11 is 0. The molecule has 0 saturated heterocycles. The molecule has 94 valence electrons. The minimum atomic E-state index is 0.549. The number of aromatic nitrogens is 2. The molecule has 0 unspecified atom stereocenters. The van der Waals surface area contributed by atoms with Crippen molar-refractivity contribution in [3.8, 4) is 6.07 Å². The van der Waals surface area contributed by atoms with E-state index >= 15 is 0 Å². The summed E-state index contributed by atoms with van der Waals surface area (Å²) in [7, 11) is 0. The van der Waals surface area contributed by atoms with Crippen molar-refractivity contribution in [2.45, 2.75) is 13.0 Å². The van der Waals surface area contributed by atoms with Gasteiger partial charge in [0, 0.05) is 18.8 Å². The Morgan fingerprint density at radius 2 is 2.21 bits per heavy atom. The third-order valence-corrected chi connectivity index (χ3v) is 3.43. The average Bonchev–Trinajstić information content (AvgIpc) is 2.47. The van der Waals surface area contributed by atoms with Crippen LogP contribution in [0, 0.1) is 11.3 Å². The van der Waals surface area contributed by atoms with Gasteiger partial charge in [0.2, 0.25) is 0 Å². The molecular weight excluding hydrogens is 238 g/mol. The molecule has 19 heavy (non-hydrogen) atoms. The summed E-state index contributed by atoms with van der Waals surface area (Å²) in [5.74, 6) is 0.638. The molecule has 0 aliphatic carbocycles. The maximum absolute atomic E-state index is 9.13. The van der Waals surface area contributed by atoms with Crippen LogP contribution >= 0.6 is 0 Å². The van der Waals surface area contributed by atoms with Crippen molar-refractivity contribution in [2.24, 2.45) is 0 Å². The second-order valence-corrected chi connectivity index (χ2v) is 4.54.